The minimum Gasteiger partial charge on any atom is -0.246 e. The predicted octanol–water partition coefficient (Wildman–Crippen LogP) is 6.32. The minimum atomic E-state index is -0.205. The van der Waals surface area contributed by atoms with Crippen LogP contribution >= 0.6 is 21.6 Å². The van der Waals surface area contributed by atoms with Crippen molar-refractivity contribution < 1.29 is 4.39 Å². The largest absolute Gasteiger partial charge is 0.246 e. The molecule has 0 aliphatic rings. The standard InChI is InChI=1S/C17H18FNS2/c1-4-17(19-15-8-5-12(2)13(3)11-15)21-20-16-9-6-14(18)7-10-16/h5-11H,4H2,1-3H3. The summed E-state index contributed by atoms with van der Waals surface area (Å²) in [4.78, 5) is 5.73. The summed E-state index contributed by atoms with van der Waals surface area (Å²) in [6.45, 7) is 6.29. The Balaban J connectivity index is 2.06. The van der Waals surface area contributed by atoms with E-state index >= 15 is 0 Å². The summed E-state index contributed by atoms with van der Waals surface area (Å²) in [7, 11) is 3.24. The zero-order valence-corrected chi connectivity index (χ0v) is 14.0. The van der Waals surface area contributed by atoms with Crippen LogP contribution in [0.25, 0.3) is 0 Å². The van der Waals surface area contributed by atoms with E-state index in [0.29, 0.717) is 0 Å². The molecule has 21 heavy (non-hydrogen) atoms. The van der Waals surface area contributed by atoms with E-state index in [2.05, 4.69) is 32.9 Å². The van der Waals surface area contributed by atoms with Crippen molar-refractivity contribution in [2.24, 2.45) is 4.99 Å². The summed E-state index contributed by atoms with van der Waals surface area (Å²) in [6, 6.07) is 12.8. The van der Waals surface area contributed by atoms with Crippen LogP contribution in [0, 0.1) is 19.7 Å². The molecule has 0 aromatic heterocycles. The van der Waals surface area contributed by atoms with Gasteiger partial charge >= 0.3 is 0 Å². The Bertz CT molecular complexity index is 636. The van der Waals surface area contributed by atoms with Crippen molar-refractivity contribution in [1.29, 1.82) is 0 Å². The van der Waals surface area contributed by atoms with Crippen molar-refractivity contribution in [3.05, 3.63) is 59.4 Å². The fourth-order valence-corrected chi connectivity index (χ4v) is 3.76. The van der Waals surface area contributed by atoms with Gasteiger partial charge in [-0.15, -0.1) is 0 Å². The Hall–Kier alpha value is -1.26. The average Bonchev–Trinajstić information content (AvgIpc) is 2.49. The molecule has 0 bridgehead atoms. The summed E-state index contributed by atoms with van der Waals surface area (Å²) in [6.07, 6.45) is 0.881. The fourth-order valence-electron chi connectivity index (χ4n) is 1.68. The van der Waals surface area contributed by atoms with Gasteiger partial charge in [0.05, 0.1) is 10.7 Å². The second-order valence-corrected chi connectivity index (χ2v) is 7.02. The van der Waals surface area contributed by atoms with E-state index in [0.717, 1.165) is 22.0 Å². The maximum Gasteiger partial charge on any atom is 0.123 e. The van der Waals surface area contributed by atoms with Gasteiger partial charge in [0.25, 0.3) is 0 Å². The first kappa shape index (κ1) is 16.1. The highest BCUT2D eigenvalue weighted by Crippen LogP contribution is 2.34. The number of aliphatic imine (C=N–C) groups is 1. The van der Waals surface area contributed by atoms with Crippen LogP contribution in [0.2, 0.25) is 0 Å². The van der Waals surface area contributed by atoms with Crippen molar-refractivity contribution in [3.63, 3.8) is 0 Å². The lowest BCUT2D eigenvalue weighted by atomic mass is 10.1. The molecule has 0 heterocycles. The van der Waals surface area contributed by atoms with Gasteiger partial charge in [0.15, 0.2) is 0 Å². The van der Waals surface area contributed by atoms with E-state index in [1.165, 1.54) is 23.3 Å². The Labute approximate surface area is 133 Å². The Morgan fingerprint density at radius 3 is 2.38 bits per heavy atom. The highest BCUT2D eigenvalue weighted by molar-refractivity contribution is 8.82. The van der Waals surface area contributed by atoms with Gasteiger partial charge in [-0.25, -0.2) is 9.38 Å². The molecule has 4 heteroatoms. The van der Waals surface area contributed by atoms with Crippen LogP contribution in [0.4, 0.5) is 10.1 Å². The van der Waals surface area contributed by atoms with Crippen LogP contribution in [0.15, 0.2) is 52.4 Å². The molecule has 1 nitrogen and oxygen atoms in total. The third-order valence-corrected chi connectivity index (χ3v) is 5.62. The van der Waals surface area contributed by atoms with Gasteiger partial charge in [0, 0.05) is 4.90 Å². The van der Waals surface area contributed by atoms with Crippen molar-refractivity contribution in [3.8, 4) is 0 Å². The third kappa shape index (κ3) is 4.90. The maximum absolute atomic E-state index is 12.9. The van der Waals surface area contributed by atoms with E-state index < -0.39 is 0 Å². The summed E-state index contributed by atoms with van der Waals surface area (Å²) in [5, 5.41) is 1.06. The van der Waals surface area contributed by atoms with E-state index in [4.69, 9.17) is 4.99 Å². The minimum absolute atomic E-state index is 0.205. The number of halogens is 1. The number of nitrogens with zero attached hydrogens (tertiary/aromatic N) is 1. The lowest BCUT2D eigenvalue weighted by molar-refractivity contribution is 0.626. The maximum atomic E-state index is 12.9. The fraction of sp³-hybridized carbons (Fsp3) is 0.235. The molecule has 0 unspecified atom stereocenters. The molecule has 0 aliphatic carbocycles. The topological polar surface area (TPSA) is 12.4 Å². The zero-order valence-electron chi connectivity index (χ0n) is 12.4. The first-order valence-corrected chi connectivity index (χ1v) is 8.98. The van der Waals surface area contributed by atoms with E-state index in [9.17, 15) is 4.39 Å². The molecule has 2 rings (SSSR count). The first-order valence-electron chi connectivity index (χ1n) is 6.83. The monoisotopic (exact) mass is 319 g/mol. The quantitative estimate of drug-likeness (QED) is 0.371. The highest BCUT2D eigenvalue weighted by atomic mass is 33.1. The van der Waals surface area contributed by atoms with Crippen molar-refractivity contribution in [2.75, 3.05) is 0 Å². The summed E-state index contributed by atoms with van der Waals surface area (Å²) in [5.41, 5.74) is 3.52. The molecular weight excluding hydrogens is 301 g/mol. The molecule has 0 saturated heterocycles. The van der Waals surface area contributed by atoms with Crippen LogP contribution < -0.4 is 0 Å². The van der Waals surface area contributed by atoms with Gasteiger partial charge in [0.2, 0.25) is 0 Å². The van der Waals surface area contributed by atoms with Crippen LogP contribution in [0.5, 0.6) is 0 Å². The molecule has 0 aliphatic heterocycles. The average molecular weight is 319 g/mol. The van der Waals surface area contributed by atoms with Gasteiger partial charge in [-0.05, 0) is 78.6 Å². The molecule has 0 saturated carbocycles. The van der Waals surface area contributed by atoms with Crippen molar-refractivity contribution in [1.82, 2.24) is 0 Å². The zero-order chi connectivity index (χ0) is 15.2. The summed E-state index contributed by atoms with van der Waals surface area (Å²) < 4.78 is 12.9. The molecular formula is C17H18FNS2. The van der Waals surface area contributed by atoms with Crippen LogP contribution in [0.3, 0.4) is 0 Å². The normalized spacial score (nSPS) is 11.7. The van der Waals surface area contributed by atoms with Gasteiger partial charge in [0.1, 0.15) is 5.82 Å². The van der Waals surface area contributed by atoms with Gasteiger partial charge < -0.3 is 0 Å². The van der Waals surface area contributed by atoms with E-state index in [1.807, 2.05) is 6.07 Å². The molecule has 0 amide bonds. The molecule has 0 N–H and O–H groups in total. The Morgan fingerprint density at radius 2 is 1.76 bits per heavy atom. The van der Waals surface area contributed by atoms with Gasteiger partial charge in [-0.3, -0.25) is 0 Å². The predicted molar refractivity (Wildman–Crippen MR) is 93.2 cm³/mol. The molecule has 110 valence electrons. The van der Waals surface area contributed by atoms with Crippen LogP contribution in [-0.2, 0) is 0 Å². The van der Waals surface area contributed by atoms with Crippen LogP contribution in [-0.4, -0.2) is 5.04 Å². The van der Waals surface area contributed by atoms with Crippen molar-refractivity contribution >= 4 is 32.3 Å². The number of hydrogen-bond acceptors (Lipinski definition) is 3. The number of rotatable bonds is 4. The molecule has 0 radical (unpaired) electrons. The molecule has 0 spiro atoms. The molecule has 2 aromatic rings. The SMILES string of the molecule is CCC(=Nc1ccc(C)c(C)c1)SSc1ccc(F)cc1. The van der Waals surface area contributed by atoms with E-state index in [-0.39, 0.29) is 5.82 Å². The third-order valence-electron chi connectivity index (χ3n) is 3.09. The second kappa shape index (κ2) is 7.66. The Kier molecular flexibility index (Phi) is 5.88. The highest BCUT2D eigenvalue weighted by Gasteiger charge is 2.03. The van der Waals surface area contributed by atoms with Crippen LogP contribution in [0.1, 0.15) is 24.5 Å². The number of hydrogen-bond donors (Lipinski definition) is 0. The number of benzene rings is 2. The van der Waals surface area contributed by atoms with Crippen molar-refractivity contribution in [2.45, 2.75) is 32.1 Å². The van der Waals surface area contributed by atoms with E-state index in [1.54, 1.807) is 33.7 Å². The lowest BCUT2D eigenvalue weighted by Crippen LogP contribution is -1.87. The molecule has 0 atom stereocenters. The molecule has 2 aromatic carbocycles. The summed E-state index contributed by atoms with van der Waals surface area (Å²) in [5.74, 6) is -0.205. The summed E-state index contributed by atoms with van der Waals surface area (Å²) >= 11 is 0. The first-order chi connectivity index (χ1) is 10.1. The lowest BCUT2D eigenvalue weighted by Gasteiger charge is -2.05. The number of aryl methyl sites for hydroxylation is 2. The smallest absolute Gasteiger partial charge is 0.123 e. The van der Waals surface area contributed by atoms with Gasteiger partial charge in [-0.2, -0.15) is 0 Å². The Morgan fingerprint density at radius 1 is 1.05 bits per heavy atom. The molecule has 0 fully saturated rings. The second-order valence-electron chi connectivity index (χ2n) is 4.75. The van der Waals surface area contributed by atoms with Gasteiger partial charge in [-0.1, -0.05) is 23.8 Å².